The van der Waals surface area contributed by atoms with Crippen LogP contribution >= 0.6 is 0 Å². The van der Waals surface area contributed by atoms with Gasteiger partial charge in [-0.2, -0.15) is 0 Å². The summed E-state index contributed by atoms with van der Waals surface area (Å²) in [6.45, 7) is 10.2. The van der Waals surface area contributed by atoms with Crippen molar-refractivity contribution in [2.45, 2.75) is 53.9 Å². The molecule has 1 amide bonds. The maximum atomic E-state index is 13.3. The van der Waals surface area contributed by atoms with Gasteiger partial charge in [-0.3, -0.25) is 14.3 Å². The van der Waals surface area contributed by atoms with E-state index in [1.165, 1.54) is 11.1 Å². The summed E-state index contributed by atoms with van der Waals surface area (Å²) < 4.78 is 31.3. The van der Waals surface area contributed by atoms with E-state index in [1.54, 1.807) is 29.2 Å². The fraction of sp³-hybridized carbons (Fsp3) is 0.500. The van der Waals surface area contributed by atoms with Gasteiger partial charge in [-0.15, -0.1) is 0 Å². The number of hydrogen-bond donors (Lipinski definition) is 1. The molecule has 1 aliphatic rings. The largest absolute Gasteiger partial charge is 0.465 e. The zero-order valence-electron chi connectivity index (χ0n) is 22.1. The summed E-state index contributed by atoms with van der Waals surface area (Å²) in [5, 5.41) is 0. The quantitative estimate of drug-likeness (QED) is 0.457. The summed E-state index contributed by atoms with van der Waals surface area (Å²) in [5.74, 6) is -0.344. The molecule has 0 radical (unpaired) electrons. The monoisotopic (exact) mass is 514 g/mol. The summed E-state index contributed by atoms with van der Waals surface area (Å²) in [7, 11) is -3.40. The number of rotatable bonds is 10. The number of amides is 1. The van der Waals surface area contributed by atoms with Crippen molar-refractivity contribution in [2.24, 2.45) is 17.3 Å². The Hall–Kier alpha value is -2.87. The van der Waals surface area contributed by atoms with E-state index in [9.17, 15) is 18.0 Å². The van der Waals surface area contributed by atoms with Crippen molar-refractivity contribution in [3.05, 3.63) is 59.2 Å². The number of carbonyl (C=O) groups is 2. The Morgan fingerprint density at radius 3 is 2.22 bits per heavy atom. The molecule has 36 heavy (non-hydrogen) atoms. The molecular formula is C28H38N2O5S. The van der Waals surface area contributed by atoms with Crippen molar-refractivity contribution in [2.75, 3.05) is 29.0 Å². The van der Waals surface area contributed by atoms with E-state index in [0.717, 1.165) is 24.7 Å². The minimum absolute atomic E-state index is 0.00165. The Labute approximate surface area is 215 Å². The maximum Gasteiger partial charge on any atom is 0.311 e. The third-order valence-corrected chi connectivity index (χ3v) is 6.88. The molecule has 0 aromatic heterocycles. The summed E-state index contributed by atoms with van der Waals surface area (Å²) in [6, 6.07) is 13.1. The zero-order valence-corrected chi connectivity index (χ0v) is 22.9. The van der Waals surface area contributed by atoms with Gasteiger partial charge in [-0.1, -0.05) is 18.2 Å². The standard InChI is InChI=1S/C28H38N2O5S/c1-19-7-8-21(15-20(19)2)16-22(18-35-27(32)28(3,4)5)17-30(26(31)23-9-10-23)25-13-11-24(12-14-25)29-36(6,33)34/h7-8,11-15,22-23,29H,9-10,16-18H2,1-6H3. The first-order valence-corrected chi connectivity index (χ1v) is 14.2. The number of sulfonamides is 1. The molecule has 7 nitrogen and oxygen atoms in total. The Bertz CT molecular complexity index is 1200. The van der Waals surface area contributed by atoms with E-state index in [0.29, 0.717) is 24.3 Å². The highest BCUT2D eigenvalue weighted by Gasteiger charge is 2.35. The van der Waals surface area contributed by atoms with Gasteiger partial charge < -0.3 is 9.64 Å². The molecule has 1 saturated carbocycles. The van der Waals surface area contributed by atoms with Crippen LogP contribution in [-0.2, 0) is 30.8 Å². The molecule has 0 spiro atoms. The van der Waals surface area contributed by atoms with Gasteiger partial charge in [-0.25, -0.2) is 8.42 Å². The van der Waals surface area contributed by atoms with E-state index in [4.69, 9.17) is 4.74 Å². The molecule has 0 heterocycles. The summed E-state index contributed by atoms with van der Waals surface area (Å²) in [4.78, 5) is 27.6. The predicted molar refractivity (Wildman–Crippen MR) is 144 cm³/mol. The summed E-state index contributed by atoms with van der Waals surface area (Å²) in [5.41, 5.74) is 4.04. The number of benzene rings is 2. The highest BCUT2D eigenvalue weighted by molar-refractivity contribution is 7.92. The van der Waals surface area contributed by atoms with Crippen molar-refractivity contribution < 1.29 is 22.7 Å². The molecule has 2 aromatic rings. The average molecular weight is 515 g/mol. The van der Waals surface area contributed by atoms with Gasteiger partial charge in [0, 0.05) is 29.8 Å². The van der Waals surface area contributed by atoms with Crippen LogP contribution in [-0.4, -0.2) is 39.7 Å². The van der Waals surface area contributed by atoms with Crippen LogP contribution in [0.15, 0.2) is 42.5 Å². The number of aryl methyl sites for hydroxylation is 2. The molecule has 1 aliphatic carbocycles. The molecule has 1 fully saturated rings. The van der Waals surface area contributed by atoms with Gasteiger partial charge in [0.15, 0.2) is 0 Å². The van der Waals surface area contributed by atoms with Crippen molar-refractivity contribution >= 4 is 33.3 Å². The molecule has 196 valence electrons. The number of hydrogen-bond acceptors (Lipinski definition) is 5. The number of ether oxygens (including phenoxy) is 1. The van der Waals surface area contributed by atoms with Crippen LogP contribution in [0.4, 0.5) is 11.4 Å². The number of esters is 1. The lowest BCUT2D eigenvalue weighted by Crippen LogP contribution is -2.39. The third kappa shape index (κ3) is 8.08. The van der Waals surface area contributed by atoms with Crippen LogP contribution < -0.4 is 9.62 Å². The van der Waals surface area contributed by atoms with Crippen molar-refractivity contribution in [3.63, 3.8) is 0 Å². The minimum Gasteiger partial charge on any atom is -0.465 e. The lowest BCUT2D eigenvalue weighted by molar-refractivity contribution is -0.154. The lowest BCUT2D eigenvalue weighted by Gasteiger charge is -2.29. The van der Waals surface area contributed by atoms with E-state index >= 15 is 0 Å². The second-order valence-corrected chi connectivity index (χ2v) is 12.7. The van der Waals surface area contributed by atoms with Crippen LogP contribution in [0.2, 0.25) is 0 Å². The molecule has 0 bridgehead atoms. The SMILES string of the molecule is Cc1ccc(CC(COC(=O)C(C)(C)C)CN(C(=O)C2CC2)c2ccc(NS(C)(=O)=O)cc2)cc1C. The van der Waals surface area contributed by atoms with Crippen LogP contribution in [0.25, 0.3) is 0 Å². The molecule has 0 saturated heterocycles. The normalized spacial score (nSPS) is 14.7. The van der Waals surface area contributed by atoms with Gasteiger partial charge in [0.05, 0.1) is 18.3 Å². The Balaban J connectivity index is 1.86. The second-order valence-electron chi connectivity index (χ2n) is 11.0. The molecule has 1 atom stereocenters. The van der Waals surface area contributed by atoms with Gasteiger partial charge in [0.25, 0.3) is 0 Å². The molecule has 0 aliphatic heterocycles. The number of nitrogens with one attached hydrogen (secondary N) is 1. The topological polar surface area (TPSA) is 92.8 Å². The van der Waals surface area contributed by atoms with Crippen LogP contribution in [0.5, 0.6) is 0 Å². The van der Waals surface area contributed by atoms with E-state index in [-0.39, 0.29) is 30.3 Å². The fourth-order valence-corrected chi connectivity index (χ4v) is 4.47. The first kappa shape index (κ1) is 27.7. The summed E-state index contributed by atoms with van der Waals surface area (Å²) >= 11 is 0. The van der Waals surface area contributed by atoms with Crippen LogP contribution in [0.3, 0.4) is 0 Å². The molecule has 3 rings (SSSR count). The average Bonchev–Trinajstić information content (AvgIpc) is 3.62. The molecule has 8 heteroatoms. The van der Waals surface area contributed by atoms with Gasteiger partial charge in [0.1, 0.15) is 0 Å². The number of carbonyl (C=O) groups excluding carboxylic acids is 2. The lowest BCUT2D eigenvalue weighted by atomic mass is 9.95. The molecule has 1 N–H and O–H groups in total. The number of nitrogens with zero attached hydrogens (tertiary/aromatic N) is 1. The smallest absolute Gasteiger partial charge is 0.311 e. The highest BCUT2D eigenvalue weighted by atomic mass is 32.2. The van der Waals surface area contributed by atoms with E-state index in [1.807, 2.05) is 20.8 Å². The minimum atomic E-state index is -3.40. The Morgan fingerprint density at radius 2 is 1.69 bits per heavy atom. The Morgan fingerprint density at radius 1 is 1.06 bits per heavy atom. The highest BCUT2D eigenvalue weighted by Crippen LogP contribution is 2.34. The zero-order chi connectivity index (χ0) is 26.7. The maximum absolute atomic E-state index is 13.3. The third-order valence-electron chi connectivity index (χ3n) is 6.27. The first-order chi connectivity index (χ1) is 16.7. The molecule has 1 unspecified atom stereocenters. The first-order valence-electron chi connectivity index (χ1n) is 12.4. The molecular weight excluding hydrogens is 476 g/mol. The van der Waals surface area contributed by atoms with Gasteiger partial charge in [-0.05, 0) is 94.8 Å². The van der Waals surface area contributed by atoms with Crippen molar-refractivity contribution in [1.82, 2.24) is 0 Å². The Kier molecular flexibility index (Phi) is 8.49. The fourth-order valence-electron chi connectivity index (χ4n) is 3.91. The van der Waals surface area contributed by atoms with Crippen LogP contribution in [0.1, 0.15) is 50.3 Å². The predicted octanol–water partition coefficient (Wildman–Crippen LogP) is 4.87. The van der Waals surface area contributed by atoms with Gasteiger partial charge in [0.2, 0.25) is 15.9 Å². The second kappa shape index (κ2) is 11.0. The summed E-state index contributed by atoms with van der Waals surface area (Å²) in [6.07, 6.45) is 3.48. The van der Waals surface area contributed by atoms with Crippen LogP contribution in [0, 0.1) is 31.1 Å². The van der Waals surface area contributed by atoms with Crippen molar-refractivity contribution in [3.8, 4) is 0 Å². The molecule has 2 aromatic carbocycles. The van der Waals surface area contributed by atoms with Gasteiger partial charge >= 0.3 is 5.97 Å². The van der Waals surface area contributed by atoms with Crippen molar-refractivity contribution in [1.29, 1.82) is 0 Å². The van der Waals surface area contributed by atoms with E-state index < -0.39 is 15.4 Å². The van der Waals surface area contributed by atoms with E-state index in [2.05, 4.69) is 36.8 Å². The number of anilines is 2.